The Morgan fingerprint density at radius 3 is 2.53 bits per heavy atom. The van der Waals surface area contributed by atoms with Gasteiger partial charge < -0.3 is 10.4 Å². The fourth-order valence-corrected chi connectivity index (χ4v) is 2.40. The van der Waals surface area contributed by atoms with Crippen LogP contribution in [0.4, 0.5) is 0 Å². The molecule has 0 radical (unpaired) electrons. The van der Waals surface area contributed by atoms with Crippen molar-refractivity contribution in [2.45, 2.75) is 37.8 Å². The molecule has 0 bridgehead atoms. The number of hydrogen-bond donors (Lipinski definition) is 2. The Labute approximate surface area is 109 Å². The van der Waals surface area contributed by atoms with Crippen LogP contribution >= 0.6 is 15.9 Å². The number of benzene rings is 1. The molecule has 1 aliphatic rings. The summed E-state index contributed by atoms with van der Waals surface area (Å²) in [4.78, 5) is 11.9. The molecule has 1 aliphatic carbocycles. The van der Waals surface area contributed by atoms with E-state index in [-0.39, 0.29) is 11.9 Å². The quantitative estimate of drug-likeness (QED) is 0.881. The smallest absolute Gasteiger partial charge is 0.251 e. The van der Waals surface area contributed by atoms with Gasteiger partial charge >= 0.3 is 0 Å². The van der Waals surface area contributed by atoms with Crippen LogP contribution in [0, 0.1) is 0 Å². The summed E-state index contributed by atoms with van der Waals surface area (Å²) in [5.41, 5.74) is 0.631. The van der Waals surface area contributed by atoms with E-state index in [1.165, 1.54) is 0 Å². The highest BCUT2D eigenvalue weighted by Gasteiger charge is 2.24. The zero-order chi connectivity index (χ0) is 12.3. The van der Waals surface area contributed by atoms with E-state index in [2.05, 4.69) is 21.2 Å². The van der Waals surface area contributed by atoms with E-state index in [0.717, 1.165) is 30.2 Å². The van der Waals surface area contributed by atoms with Gasteiger partial charge in [-0.1, -0.05) is 28.8 Å². The molecular weight excluding hydrogens is 282 g/mol. The van der Waals surface area contributed by atoms with Gasteiger partial charge in [-0.25, -0.2) is 0 Å². The predicted molar refractivity (Wildman–Crippen MR) is 69.9 cm³/mol. The number of aliphatic hydroxyl groups excluding tert-OH is 1. The highest BCUT2D eigenvalue weighted by molar-refractivity contribution is 9.10. The van der Waals surface area contributed by atoms with Crippen molar-refractivity contribution in [3.8, 4) is 0 Å². The Morgan fingerprint density at radius 1 is 1.24 bits per heavy atom. The molecule has 17 heavy (non-hydrogen) atoms. The molecule has 0 unspecified atom stereocenters. The summed E-state index contributed by atoms with van der Waals surface area (Å²) in [6.45, 7) is 0. The molecule has 1 amide bonds. The molecular formula is C13H16BrNO2. The third-order valence-electron chi connectivity index (χ3n) is 3.15. The minimum atomic E-state index is -0.400. The second-order valence-electron chi connectivity index (χ2n) is 4.44. The first-order valence-electron chi connectivity index (χ1n) is 5.91. The van der Waals surface area contributed by atoms with Crippen LogP contribution in [0.3, 0.4) is 0 Å². The Balaban J connectivity index is 1.98. The molecule has 2 atom stereocenters. The van der Waals surface area contributed by atoms with Crippen LogP contribution in [0.1, 0.15) is 36.0 Å². The van der Waals surface area contributed by atoms with Crippen molar-refractivity contribution < 1.29 is 9.90 Å². The van der Waals surface area contributed by atoms with Gasteiger partial charge in [0.25, 0.3) is 5.91 Å². The monoisotopic (exact) mass is 297 g/mol. The van der Waals surface area contributed by atoms with Crippen molar-refractivity contribution >= 4 is 21.8 Å². The normalized spacial score (nSPS) is 24.4. The number of carbonyl (C=O) groups is 1. The minimum absolute atomic E-state index is 0.0973. The van der Waals surface area contributed by atoms with Crippen LogP contribution < -0.4 is 5.32 Å². The number of hydrogen-bond acceptors (Lipinski definition) is 2. The molecule has 0 spiro atoms. The van der Waals surface area contributed by atoms with Crippen molar-refractivity contribution in [1.29, 1.82) is 0 Å². The molecule has 0 saturated heterocycles. The Hall–Kier alpha value is -0.870. The summed E-state index contributed by atoms with van der Waals surface area (Å²) in [5.74, 6) is -0.108. The maximum absolute atomic E-state index is 11.9. The van der Waals surface area contributed by atoms with Gasteiger partial charge in [0.2, 0.25) is 0 Å². The van der Waals surface area contributed by atoms with Gasteiger partial charge in [-0.2, -0.15) is 0 Å². The molecule has 0 heterocycles. The summed E-state index contributed by atoms with van der Waals surface area (Å²) < 4.78 is 0.951. The molecule has 3 nitrogen and oxygen atoms in total. The summed E-state index contributed by atoms with van der Waals surface area (Å²) in [7, 11) is 0. The number of halogens is 1. The lowest BCUT2D eigenvalue weighted by atomic mass is 9.92. The van der Waals surface area contributed by atoms with Crippen molar-refractivity contribution in [2.75, 3.05) is 0 Å². The fourth-order valence-electron chi connectivity index (χ4n) is 2.13. The molecule has 1 aromatic rings. The number of nitrogens with one attached hydrogen (secondary N) is 1. The van der Waals surface area contributed by atoms with E-state index < -0.39 is 6.10 Å². The van der Waals surface area contributed by atoms with Crippen molar-refractivity contribution in [3.63, 3.8) is 0 Å². The fraction of sp³-hybridized carbons (Fsp3) is 0.462. The topological polar surface area (TPSA) is 49.3 Å². The largest absolute Gasteiger partial charge is 0.391 e. The average Bonchev–Trinajstić information content (AvgIpc) is 2.33. The van der Waals surface area contributed by atoms with Crippen LogP contribution in [-0.4, -0.2) is 23.2 Å². The second-order valence-corrected chi connectivity index (χ2v) is 5.35. The van der Waals surface area contributed by atoms with Crippen LogP contribution in [-0.2, 0) is 0 Å². The number of amides is 1. The van der Waals surface area contributed by atoms with Crippen LogP contribution in [0.2, 0.25) is 0 Å². The molecule has 92 valence electrons. The highest BCUT2D eigenvalue weighted by atomic mass is 79.9. The Bertz CT molecular complexity index is 391. The molecule has 0 aromatic heterocycles. The minimum Gasteiger partial charge on any atom is -0.391 e. The van der Waals surface area contributed by atoms with E-state index in [9.17, 15) is 9.90 Å². The highest BCUT2D eigenvalue weighted by Crippen LogP contribution is 2.19. The molecule has 1 fully saturated rings. The third kappa shape index (κ3) is 3.30. The Kier molecular flexibility index (Phi) is 4.18. The van der Waals surface area contributed by atoms with Crippen LogP contribution in [0.15, 0.2) is 28.7 Å². The summed E-state index contributed by atoms with van der Waals surface area (Å²) in [6, 6.07) is 7.13. The molecule has 4 heteroatoms. The summed E-state index contributed by atoms with van der Waals surface area (Å²) in [5, 5.41) is 12.7. The van der Waals surface area contributed by atoms with E-state index in [1.807, 2.05) is 12.1 Å². The maximum Gasteiger partial charge on any atom is 0.251 e. The van der Waals surface area contributed by atoms with E-state index in [1.54, 1.807) is 12.1 Å². The summed E-state index contributed by atoms with van der Waals surface area (Å²) in [6.07, 6.45) is 3.37. The molecule has 1 aromatic carbocycles. The van der Waals surface area contributed by atoms with E-state index in [4.69, 9.17) is 0 Å². The summed E-state index contributed by atoms with van der Waals surface area (Å²) >= 11 is 3.33. The van der Waals surface area contributed by atoms with Crippen molar-refractivity contribution in [3.05, 3.63) is 34.3 Å². The Morgan fingerprint density at radius 2 is 1.88 bits per heavy atom. The van der Waals surface area contributed by atoms with E-state index in [0.29, 0.717) is 5.56 Å². The van der Waals surface area contributed by atoms with Crippen LogP contribution in [0.5, 0.6) is 0 Å². The van der Waals surface area contributed by atoms with Gasteiger partial charge in [0.1, 0.15) is 0 Å². The lowest BCUT2D eigenvalue weighted by molar-refractivity contribution is 0.0717. The second kappa shape index (κ2) is 5.65. The van der Waals surface area contributed by atoms with Gasteiger partial charge in [-0.05, 0) is 37.1 Å². The number of aliphatic hydroxyl groups is 1. The molecule has 2 rings (SSSR count). The standard InChI is InChI=1S/C13H16BrNO2/c14-10-7-5-9(6-8-10)13(17)15-11-3-1-2-4-12(11)16/h5-8,11-12,16H,1-4H2,(H,15,17)/t11-,12+/m0/s1. The maximum atomic E-state index is 11.9. The number of rotatable bonds is 2. The van der Waals surface area contributed by atoms with E-state index >= 15 is 0 Å². The average molecular weight is 298 g/mol. The first-order valence-corrected chi connectivity index (χ1v) is 6.70. The first-order chi connectivity index (χ1) is 8.16. The zero-order valence-corrected chi connectivity index (χ0v) is 11.1. The van der Waals surface area contributed by atoms with Gasteiger partial charge in [0.15, 0.2) is 0 Å². The third-order valence-corrected chi connectivity index (χ3v) is 3.68. The van der Waals surface area contributed by atoms with Crippen molar-refractivity contribution in [2.24, 2.45) is 0 Å². The van der Waals surface area contributed by atoms with Gasteiger partial charge in [-0.3, -0.25) is 4.79 Å². The molecule has 1 saturated carbocycles. The van der Waals surface area contributed by atoms with Gasteiger partial charge in [0, 0.05) is 10.0 Å². The number of carbonyl (C=O) groups excluding carboxylic acids is 1. The predicted octanol–water partition coefficient (Wildman–Crippen LogP) is 2.48. The lowest BCUT2D eigenvalue weighted by Crippen LogP contribution is -2.45. The SMILES string of the molecule is O=C(N[C@H]1CCCC[C@H]1O)c1ccc(Br)cc1. The first kappa shape index (κ1) is 12.6. The zero-order valence-electron chi connectivity index (χ0n) is 9.53. The molecule has 2 N–H and O–H groups in total. The van der Waals surface area contributed by atoms with Crippen LogP contribution in [0.25, 0.3) is 0 Å². The lowest BCUT2D eigenvalue weighted by Gasteiger charge is -2.28. The van der Waals surface area contributed by atoms with Gasteiger partial charge in [-0.15, -0.1) is 0 Å². The molecule has 0 aliphatic heterocycles. The van der Waals surface area contributed by atoms with Crippen molar-refractivity contribution in [1.82, 2.24) is 5.32 Å². The van der Waals surface area contributed by atoms with Gasteiger partial charge in [0.05, 0.1) is 12.1 Å².